The number of benzene rings is 3. The van der Waals surface area contributed by atoms with Gasteiger partial charge in [0.15, 0.2) is 0 Å². The van der Waals surface area contributed by atoms with E-state index in [0.29, 0.717) is 5.92 Å². The Hall–Kier alpha value is -1.53. The maximum absolute atomic E-state index is 3.30. The second-order valence-corrected chi connectivity index (χ2v) is 8.07. The summed E-state index contributed by atoms with van der Waals surface area (Å²) in [6.07, 6.45) is 6.57. The van der Waals surface area contributed by atoms with Crippen LogP contribution >= 0.6 is 0 Å². The van der Waals surface area contributed by atoms with Gasteiger partial charge in [-0.05, 0) is 6.42 Å². The maximum Gasteiger partial charge on any atom is -0.0253 e. The first-order chi connectivity index (χ1) is 14.1. The molecule has 0 heterocycles. The van der Waals surface area contributed by atoms with E-state index in [9.17, 15) is 0 Å². The molecule has 0 saturated heterocycles. The average molecular weight is 525 g/mol. The van der Waals surface area contributed by atoms with Crippen molar-refractivity contribution < 1.29 is 49.0 Å². The van der Waals surface area contributed by atoms with Gasteiger partial charge in [-0.15, -0.1) is 12.5 Å². The Balaban J connectivity index is 0.000000237. The Bertz CT molecular complexity index is 974. The summed E-state index contributed by atoms with van der Waals surface area (Å²) in [6, 6.07) is 28.5. The molecule has 0 spiro atoms. The average Bonchev–Trinajstić information content (AvgIpc) is 3.27. The molecule has 3 heteroatoms. The molecule has 0 aliphatic heterocycles. The van der Waals surface area contributed by atoms with E-state index in [0.717, 1.165) is 6.42 Å². The molecular weight excluding hydrogens is 498 g/mol. The van der Waals surface area contributed by atoms with Gasteiger partial charge in [0, 0.05) is 0 Å². The summed E-state index contributed by atoms with van der Waals surface area (Å²) in [5.41, 5.74) is 9.54. The van der Waals surface area contributed by atoms with E-state index < -0.39 is 0 Å². The third-order valence-corrected chi connectivity index (χ3v) is 5.94. The second-order valence-electron chi connectivity index (χ2n) is 7.36. The third kappa shape index (κ3) is 7.83. The van der Waals surface area contributed by atoms with E-state index in [1.54, 1.807) is 0 Å². The molecule has 2 aliphatic carbocycles. The molecule has 2 aliphatic rings. The summed E-state index contributed by atoms with van der Waals surface area (Å²) in [5, 5.41) is 0. The number of hydrogen-bond donors (Lipinski definition) is 0. The molecule has 0 saturated carbocycles. The fraction of sp³-hybridized carbons (Fsp3) is 0.179. The van der Waals surface area contributed by atoms with E-state index in [2.05, 4.69) is 103 Å². The van der Waals surface area contributed by atoms with E-state index in [-0.39, 0.29) is 24.8 Å². The molecule has 158 valence electrons. The minimum Gasteiger partial charge on any atom is -0.179 e. The van der Waals surface area contributed by atoms with Gasteiger partial charge in [0.1, 0.15) is 0 Å². The first kappa shape index (κ1) is 27.5. The molecule has 0 aromatic heterocycles. The molecule has 3 aromatic rings. The number of hydrogen-bond acceptors (Lipinski definition) is 0. The van der Waals surface area contributed by atoms with E-state index in [1.165, 1.54) is 63.2 Å². The molecule has 0 bridgehead atoms. The van der Waals surface area contributed by atoms with Crippen molar-refractivity contribution in [1.82, 2.24) is 0 Å². The van der Waals surface area contributed by atoms with Crippen molar-refractivity contribution in [3.63, 3.8) is 0 Å². The van der Waals surface area contributed by atoms with Crippen LogP contribution in [0, 0.1) is 18.1 Å². The first-order valence-electron chi connectivity index (χ1n) is 10.0. The molecular formula is C28H26Cl2Zr-2. The van der Waals surface area contributed by atoms with Crippen LogP contribution < -0.4 is 24.8 Å². The molecule has 3 aromatic carbocycles. The second kappa shape index (κ2) is 13.8. The van der Waals surface area contributed by atoms with Gasteiger partial charge in [-0.2, -0.15) is 35.9 Å². The van der Waals surface area contributed by atoms with Crippen LogP contribution in [0.15, 0.2) is 90.0 Å². The Labute approximate surface area is 214 Å². The Kier molecular flexibility index (Phi) is 12.2. The van der Waals surface area contributed by atoms with Crippen LogP contribution in [0.3, 0.4) is 0 Å². The quantitative estimate of drug-likeness (QED) is 0.323. The molecule has 0 nitrogen and oxygen atoms in total. The predicted molar refractivity (Wildman–Crippen MR) is 120 cm³/mol. The van der Waals surface area contributed by atoms with Gasteiger partial charge < -0.3 is 24.8 Å². The van der Waals surface area contributed by atoms with Crippen LogP contribution in [0.5, 0.6) is 0 Å². The van der Waals surface area contributed by atoms with Gasteiger partial charge in [0.05, 0.1) is 0 Å². The summed E-state index contributed by atoms with van der Waals surface area (Å²) >= 11 is 1.46. The molecule has 5 rings (SSSR count). The van der Waals surface area contributed by atoms with Crippen molar-refractivity contribution >= 4 is 3.71 Å². The van der Waals surface area contributed by atoms with E-state index in [4.69, 9.17) is 0 Å². The fourth-order valence-electron chi connectivity index (χ4n) is 3.54. The van der Waals surface area contributed by atoms with Gasteiger partial charge >= 0.3 is 63.8 Å². The number of fused-ring (bicyclic) bond motifs is 3. The van der Waals surface area contributed by atoms with Gasteiger partial charge in [0.2, 0.25) is 0 Å². The number of allylic oxidation sites excluding steroid dienone is 4. The van der Waals surface area contributed by atoms with Gasteiger partial charge in [-0.1, -0.05) is 55.2 Å². The zero-order valence-corrected chi connectivity index (χ0v) is 22.1. The summed E-state index contributed by atoms with van der Waals surface area (Å²) in [4.78, 5) is 0. The molecule has 0 N–H and O–H groups in total. The monoisotopic (exact) mass is 522 g/mol. The van der Waals surface area contributed by atoms with E-state index in [1.807, 2.05) is 12.1 Å². The number of halogens is 2. The smallest absolute Gasteiger partial charge is 0.0253 e. The Morgan fingerprint density at radius 2 is 1.52 bits per heavy atom. The van der Waals surface area contributed by atoms with Crippen molar-refractivity contribution in [1.29, 1.82) is 0 Å². The molecule has 0 radical (unpaired) electrons. The van der Waals surface area contributed by atoms with Crippen molar-refractivity contribution in [2.75, 3.05) is 0 Å². The van der Waals surface area contributed by atoms with Crippen molar-refractivity contribution in [2.24, 2.45) is 5.92 Å². The van der Waals surface area contributed by atoms with Gasteiger partial charge in [-0.3, -0.25) is 6.08 Å². The molecule has 31 heavy (non-hydrogen) atoms. The SMILES string of the molecule is CC1=[C-]C(C)C=C1C.[Cl-].[Cl-].[Zr+2]=[CH]c1ccccc1.[c-]1cccc2c1Cc1ccccc1-2. The van der Waals surface area contributed by atoms with Crippen LogP contribution in [-0.2, 0) is 30.7 Å². The van der Waals surface area contributed by atoms with Crippen LogP contribution in [-0.4, -0.2) is 3.71 Å². The predicted octanol–water partition coefficient (Wildman–Crippen LogP) is 0.782. The largest absolute Gasteiger partial charge is 0.179 e. The molecule has 1 unspecified atom stereocenters. The fourth-order valence-corrected chi connectivity index (χ4v) is 4.02. The zero-order valence-electron chi connectivity index (χ0n) is 18.1. The summed E-state index contributed by atoms with van der Waals surface area (Å²) in [5.74, 6) is 0.551. The van der Waals surface area contributed by atoms with E-state index >= 15 is 0 Å². The van der Waals surface area contributed by atoms with Crippen LogP contribution in [0.25, 0.3) is 11.1 Å². The minimum absolute atomic E-state index is 0. The normalized spacial score (nSPS) is 14.5. The summed E-state index contributed by atoms with van der Waals surface area (Å²) in [6.45, 7) is 6.39. The maximum atomic E-state index is 3.30. The van der Waals surface area contributed by atoms with Gasteiger partial charge in [-0.25, -0.2) is 11.1 Å². The molecule has 0 fully saturated rings. The zero-order chi connectivity index (χ0) is 20.6. The Morgan fingerprint density at radius 3 is 2.06 bits per heavy atom. The topological polar surface area (TPSA) is 0 Å². The van der Waals surface area contributed by atoms with Crippen LogP contribution in [0.4, 0.5) is 0 Å². The van der Waals surface area contributed by atoms with Crippen molar-refractivity contribution in [3.8, 4) is 11.1 Å². The summed E-state index contributed by atoms with van der Waals surface area (Å²) in [7, 11) is 0. The van der Waals surface area contributed by atoms with Crippen molar-refractivity contribution in [3.05, 3.63) is 119 Å². The standard InChI is InChI=1S/C13H9.C8H11.C7H6.2ClH.Zr/c1-3-7-12-10(5-1)9-11-6-2-4-8-13(11)12;1-6-4-7(2)8(3)5-6;1-7-5-3-2-4-6-7;;;/h1-5,7-8H,9H2;4,6H,1-3H3;1-6H;2*1H;/q2*-1;;;;+2/p-2. The Morgan fingerprint density at radius 1 is 0.871 bits per heavy atom. The number of rotatable bonds is 1. The minimum atomic E-state index is 0. The van der Waals surface area contributed by atoms with Crippen LogP contribution in [0.2, 0.25) is 0 Å². The van der Waals surface area contributed by atoms with Crippen LogP contribution in [0.1, 0.15) is 37.5 Å². The van der Waals surface area contributed by atoms with Crippen molar-refractivity contribution in [2.45, 2.75) is 27.2 Å². The molecule has 1 atom stereocenters. The molecule has 0 amide bonds. The first-order valence-corrected chi connectivity index (χ1v) is 11.4. The summed E-state index contributed by atoms with van der Waals surface area (Å²) < 4.78 is 2.17. The third-order valence-electron chi connectivity index (χ3n) is 5.12. The van der Waals surface area contributed by atoms with Gasteiger partial charge in [0.25, 0.3) is 0 Å².